The fraction of sp³-hybridized carbons (Fsp3) is 0.538. The quantitative estimate of drug-likeness (QED) is 0.780. The molecule has 1 aromatic heterocycles. The fourth-order valence-corrected chi connectivity index (χ4v) is 1.38. The van der Waals surface area contributed by atoms with Gasteiger partial charge in [-0.3, -0.25) is 9.78 Å². The van der Waals surface area contributed by atoms with Gasteiger partial charge < -0.3 is 10.6 Å². The Morgan fingerprint density at radius 1 is 1.41 bits per heavy atom. The number of hydrogen-bond donors (Lipinski definition) is 2. The SMILES string of the molecule is Cc1cccc(CNCC(=O)NCC(C)C)n1. The molecular weight excluding hydrogens is 214 g/mol. The van der Waals surface area contributed by atoms with Crippen molar-refractivity contribution in [3.05, 3.63) is 29.6 Å². The number of aryl methyl sites for hydroxylation is 1. The molecular formula is C13H21N3O. The Balaban J connectivity index is 2.21. The average molecular weight is 235 g/mol. The molecule has 0 radical (unpaired) electrons. The maximum Gasteiger partial charge on any atom is 0.233 e. The first-order valence-corrected chi connectivity index (χ1v) is 5.98. The number of pyridine rings is 1. The molecule has 0 aromatic carbocycles. The van der Waals surface area contributed by atoms with E-state index in [2.05, 4.69) is 29.5 Å². The van der Waals surface area contributed by atoms with Crippen LogP contribution < -0.4 is 10.6 Å². The van der Waals surface area contributed by atoms with Gasteiger partial charge in [-0.1, -0.05) is 19.9 Å². The molecule has 0 saturated heterocycles. The van der Waals surface area contributed by atoms with Gasteiger partial charge in [0.1, 0.15) is 0 Å². The van der Waals surface area contributed by atoms with Crippen molar-refractivity contribution in [3.8, 4) is 0 Å². The molecule has 1 rings (SSSR count). The zero-order chi connectivity index (χ0) is 12.7. The first-order chi connectivity index (χ1) is 8.08. The second-order valence-electron chi connectivity index (χ2n) is 4.57. The van der Waals surface area contributed by atoms with Crippen molar-refractivity contribution >= 4 is 5.91 Å². The van der Waals surface area contributed by atoms with Crippen LogP contribution in [0.25, 0.3) is 0 Å². The molecule has 1 heterocycles. The van der Waals surface area contributed by atoms with Gasteiger partial charge in [0.25, 0.3) is 0 Å². The minimum atomic E-state index is 0.0337. The van der Waals surface area contributed by atoms with Gasteiger partial charge in [-0.25, -0.2) is 0 Å². The molecule has 1 aromatic rings. The highest BCUT2D eigenvalue weighted by Gasteiger charge is 2.02. The minimum absolute atomic E-state index is 0.0337. The van der Waals surface area contributed by atoms with Gasteiger partial charge in [-0.15, -0.1) is 0 Å². The number of aromatic nitrogens is 1. The summed E-state index contributed by atoms with van der Waals surface area (Å²) in [6, 6.07) is 5.88. The van der Waals surface area contributed by atoms with E-state index in [-0.39, 0.29) is 5.91 Å². The third-order valence-electron chi connectivity index (χ3n) is 2.25. The first kappa shape index (κ1) is 13.6. The number of hydrogen-bond acceptors (Lipinski definition) is 3. The van der Waals surface area contributed by atoms with Gasteiger partial charge in [0.2, 0.25) is 5.91 Å². The van der Waals surface area contributed by atoms with Gasteiger partial charge >= 0.3 is 0 Å². The molecule has 94 valence electrons. The largest absolute Gasteiger partial charge is 0.355 e. The average Bonchev–Trinajstić information content (AvgIpc) is 2.26. The van der Waals surface area contributed by atoms with E-state index in [4.69, 9.17) is 0 Å². The van der Waals surface area contributed by atoms with Crippen molar-refractivity contribution in [1.82, 2.24) is 15.6 Å². The zero-order valence-electron chi connectivity index (χ0n) is 10.8. The Morgan fingerprint density at radius 2 is 2.18 bits per heavy atom. The molecule has 4 heteroatoms. The van der Waals surface area contributed by atoms with Crippen LogP contribution >= 0.6 is 0 Å². The van der Waals surface area contributed by atoms with Crippen LogP contribution in [0.4, 0.5) is 0 Å². The highest BCUT2D eigenvalue weighted by Crippen LogP contribution is 1.96. The lowest BCUT2D eigenvalue weighted by molar-refractivity contribution is -0.120. The van der Waals surface area contributed by atoms with E-state index in [1.807, 2.05) is 25.1 Å². The highest BCUT2D eigenvalue weighted by molar-refractivity contribution is 5.77. The van der Waals surface area contributed by atoms with E-state index in [9.17, 15) is 4.79 Å². The summed E-state index contributed by atoms with van der Waals surface area (Å²) in [6.07, 6.45) is 0. The van der Waals surface area contributed by atoms with Crippen LogP contribution in [0.1, 0.15) is 25.2 Å². The van der Waals surface area contributed by atoms with Crippen LogP contribution in [-0.2, 0) is 11.3 Å². The summed E-state index contributed by atoms with van der Waals surface area (Å²) in [5.74, 6) is 0.517. The second kappa shape index (κ2) is 7.01. The Labute approximate surface area is 103 Å². The molecule has 0 unspecified atom stereocenters. The molecule has 0 spiro atoms. The molecule has 1 amide bonds. The predicted octanol–water partition coefficient (Wildman–Crippen LogP) is 1.25. The lowest BCUT2D eigenvalue weighted by atomic mass is 10.2. The third kappa shape index (κ3) is 6.02. The smallest absolute Gasteiger partial charge is 0.233 e. The van der Waals surface area contributed by atoms with Crippen molar-refractivity contribution < 1.29 is 4.79 Å². The summed E-state index contributed by atoms with van der Waals surface area (Å²) < 4.78 is 0. The fourth-order valence-electron chi connectivity index (χ4n) is 1.38. The van der Waals surface area contributed by atoms with Crippen LogP contribution in [0.2, 0.25) is 0 Å². The normalized spacial score (nSPS) is 10.6. The molecule has 0 aliphatic heterocycles. The van der Waals surface area contributed by atoms with Crippen molar-refractivity contribution in [3.63, 3.8) is 0 Å². The first-order valence-electron chi connectivity index (χ1n) is 5.98. The lowest BCUT2D eigenvalue weighted by Gasteiger charge is -2.08. The molecule has 4 nitrogen and oxygen atoms in total. The maximum atomic E-state index is 11.4. The Hall–Kier alpha value is -1.42. The Kier molecular flexibility index (Phi) is 5.63. The number of carbonyl (C=O) groups is 1. The van der Waals surface area contributed by atoms with Crippen LogP contribution in [-0.4, -0.2) is 24.0 Å². The summed E-state index contributed by atoms with van der Waals surface area (Å²) >= 11 is 0. The molecule has 17 heavy (non-hydrogen) atoms. The minimum Gasteiger partial charge on any atom is -0.355 e. The van der Waals surface area contributed by atoms with E-state index in [0.717, 1.165) is 17.9 Å². The van der Waals surface area contributed by atoms with Gasteiger partial charge in [-0.2, -0.15) is 0 Å². The predicted molar refractivity (Wildman–Crippen MR) is 68.5 cm³/mol. The molecule has 0 fully saturated rings. The lowest BCUT2D eigenvalue weighted by Crippen LogP contribution is -2.35. The summed E-state index contributed by atoms with van der Waals surface area (Å²) in [6.45, 7) is 7.79. The van der Waals surface area contributed by atoms with E-state index in [0.29, 0.717) is 19.0 Å². The van der Waals surface area contributed by atoms with E-state index < -0.39 is 0 Å². The van der Waals surface area contributed by atoms with Crippen LogP contribution in [0.5, 0.6) is 0 Å². The third-order valence-corrected chi connectivity index (χ3v) is 2.25. The monoisotopic (exact) mass is 235 g/mol. The molecule has 0 bridgehead atoms. The topological polar surface area (TPSA) is 54.0 Å². The Morgan fingerprint density at radius 3 is 2.82 bits per heavy atom. The van der Waals surface area contributed by atoms with Crippen LogP contribution in [0.3, 0.4) is 0 Å². The van der Waals surface area contributed by atoms with Crippen molar-refractivity contribution in [1.29, 1.82) is 0 Å². The van der Waals surface area contributed by atoms with Gasteiger partial charge in [0.05, 0.1) is 12.2 Å². The van der Waals surface area contributed by atoms with Gasteiger partial charge in [0.15, 0.2) is 0 Å². The highest BCUT2D eigenvalue weighted by atomic mass is 16.1. The summed E-state index contributed by atoms with van der Waals surface area (Å²) in [5, 5.41) is 5.94. The van der Waals surface area contributed by atoms with E-state index >= 15 is 0 Å². The molecule has 0 aliphatic carbocycles. The second-order valence-corrected chi connectivity index (χ2v) is 4.57. The molecule has 2 N–H and O–H groups in total. The van der Waals surface area contributed by atoms with Crippen molar-refractivity contribution in [2.45, 2.75) is 27.3 Å². The number of carbonyl (C=O) groups excluding carboxylic acids is 1. The van der Waals surface area contributed by atoms with Gasteiger partial charge in [-0.05, 0) is 25.0 Å². The maximum absolute atomic E-state index is 11.4. The number of rotatable bonds is 6. The molecule has 0 saturated carbocycles. The number of amides is 1. The standard InChI is InChI=1S/C13H21N3O/c1-10(2)7-15-13(17)9-14-8-12-6-4-5-11(3)16-12/h4-6,10,14H,7-9H2,1-3H3,(H,15,17). The van der Waals surface area contributed by atoms with E-state index in [1.165, 1.54) is 0 Å². The summed E-state index contributed by atoms with van der Waals surface area (Å²) in [4.78, 5) is 15.8. The Bertz CT molecular complexity index is 363. The zero-order valence-corrected chi connectivity index (χ0v) is 10.8. The van der Waals surface area contributed by atoms with Crippen molar-refractivity contribution in [2.75, 3.05) is 13.1 Å². The van der Waals surface area contributed by atoms with Crippen molar-refractivity contribution in [2.24, 2.45) is 5.92 Å². The van der Waals surface area contributed by atoms with Crippen LogP contribution in [0, 0.1) is 12.8 Å². The van der Waals surface area contributed by atoms with E-state index in [1.54, 1.807) is 0 Å². The number of nitrogens with one attached hydrogen (secondary N) is 2. The molecule has 0 aliphatic rings. The van der Waals surface area contributed by atoms with Crippen LogP contribution in [0.15, 0.2) is 18.2 Å². The van der Waals surface area contributed by atoms with Gasteiger partial charge in [0, 0.05) is 18.8 Å². The number of nitrogens with zero attached hydrogens (tertiary/aromatic N) is 1. The summed E-state index contributed by atoms with van der Waals surface area (Å²) in [5.41, 5.74) is 1.95. The molecule has 0 atom stereocenters. The summed E-state index contributed by atoms with van der Waals surface area (Å²) in [7, 11) is 0.